The van der Waals surface area contributed by atoms with Crippen LogP contribution >= 0.6 is 0 Å². The van der Waals surface area contributed by atoms with E-state index in [-0.39, 0.29) is 0 Å². The molecule has 1 aromatic rings. The highest BCUT2D eigenvalue weighted by molar-refractivity contribution is 5.26. The molecule has 78 valence electrons. The van der Waals surface area contributed by atoms with Crippen LogP contribution < -0.4 is 0 Å². The lowest BCUT2D eigenvalue weighted by Crippen LogP contribution is -1.89. The first-order valence-electron chi connectivity index (χ1n) is 5.43. The number of hydrogen-bond acceptors (Lipinski definition) is 0. The Morgan fingerprint density at radius 1 is 1.29 bits per heavy atom. The molecule has 0 bridgehead atoms. The lowest BCUT2D eigenvalue weighted by atomic mass is 10.00. The molecule has 0 saturated carbocycles. The average Bonchev–Trinajstić information content (AvgIpc) is 2.22. The van der Waals surface area contributed by atoms with Gasteiger partial charge in [-0.15, -0.1) is 6.58 Å². The number of allylic oxidation sites excluding steroid dienone is 1. The second kappa shape index (κ2) is 7.37. The number of rotatable bonds is 3. The van der Waals surface area contributed by atoms with Crippen molar-refractivity contribution in [2.75, 3.05) is 0 Å². The van der Waals surface area contributed by atoms with Gasteiger partial charge in [-0.05, 0) is 23.5 Å². The fourth-order valence-corrected chi connectivity index (χ4v) is 1.25. The van der Waals surface area contributed by atoms with E-state index in [2.05, 4.69) is 44.7 Å². The SMILES string of the molecule is C=CCc1cccc(C(C)C)c1.CC. The zero-order valence-corrected chi connectivity index (χ0v) is 9.88. The van der Waals surface area contributed by atoms with Crippen LogP contribution in [-0.4, -0.2) is 0 Å². The zero-order chi connectivity index (χ0) is 11.0. The van der Waals surface area contributed by atoms with Gasteiger partial charge in [-0.3, -0.25) is 0 Å². The molecule has 0 aliphatic heterocycles. The van der Waals surface area contributed by atoms with Crippen molar-refractivity contribution < 1.29 is 0 Å². The first-order chi connectivity index (χ1) is 6.74. The van der Waals surface area contributed by atoms with Crippen LogP contribution in [0.2, 0.25) is 0 Å². The largest absolute Gasteiger partial charge is 0.103 e. The van der Waals surface area contributed by atoms with Gasteiger partial charge in [-0.1, -0.05) is 58.0 Å². The molecule has 0 spiro atoms. The molecule has 0 N–H and O–H groups in total. The molecule has 0 aromatic heterocycles. The highest BCUT2D eigenvalue weighted by Gasteiger charge is 1.98. The van der Waals surface area contributed by atoms with Crippen molar-refractivity contribution in [3.8, 4) is 0 Å². The van der Waals surface area contributed by atoms with Crippen LogP contribution in [0.4, 0.5) is 0 Å². The van der Waals surface area contributed by atoms with Gasteiger partial charge in [0, 0.05) is 0 Å². The van der Waals surface area contributed by atoms with Crippen molar-refractivity contribution in [3.63, 3.8) is 0 Å². The Hall–Kier alpha value is -1.04. The molecule has 0 nitrogen and oxygen atoms in total. The molecule has 0 saturated heterocycles. The van der Waals surface area contributed by atoms with Gasteiger partial charge in [0.25, 0.3) is 0 Å². The normalized spacial score (nSPS) is 9.21. The fourth-order valence-electron chi connectivity index (χ4n) is 1.25. The molecule has 14 heavy (non-hydrogen) atoms. The minimum Gasteiger partial charge on any atom is -0.103 e. The third-order valence-electron chi connectivity index (χ3n) is 2.00. The molecule has 1 aromatic carbocycles. The second-order valence-corrected chi connectivity index (χ2v) is 3.39. The van der Waals surface area contributed by atoms with E-state index in [0.29, 0.717) is 5.92 Å². The number of benzene rings is 1. The Morgan fingerprint density at radius 2 is 1.93 bits per heavy atom. The average molecular weight is 190 g/mol. The van der Waals surface area contributed by atoms with Gasteiger partial charge in [-0.2, -0.15) is 0 Å². The highest BCUT2D eigenvalue weighted by atomic mass is 14.0. The Kier molecular flexibility index (Phi) is 6.82. The standard InChI is InChI=1S/C12H16.C2H6/c1-4-6-11-7-5-8-12(9-11)10(2)3;1-2/h4-5,7-10H,1,6H2,2-3H3;1-2H3. The van der Waals surface area contributed by atoms with E-state index in [1.165, 1.54) is 11.1 Å². The fraction of sp³-hybridized carbons (Fsp3) is 0.429. The quantitative estimate of drug-likeness (QED) is 0.613. The van der Waals surface area contributed by atoms with Gasteiger partial charge in [-0.25, -0.2) is 0 Å². The van der Waals surface area contributed by atoms with E-state index < -0.39 is 0 Å². The summed E-state index contributed by atoms with van der Waals surface area (Å²) >= 11 is 0. The molecule has 0 heteroatoms. The molecule has 0 atom stereocenters. The lowest BCUT2D eigenvalue weighted by Gasteiger charge is -2.06. The summed E-state index contributed by atoms with van der Waals surface area (Å²) in [6.07, 6.45) is 2.92. The molecule has 0 unspecified atom stereocenters. The third kappa shape index (κ3) is 4.27. The van der Waals surface area contributed by atoms with Gasteiger partial charge in [0.05, 0.1) is 0 Å². The van der Waals surface area contributed by atoms with Gasteiger partial charge in [0.15, 0.2) is 0 Å². The van der Waals surface area contributed by atoms with Crippen LogP contribution in [0.5, 0.6) is 0 Å². The van der Waals surface area contributed by atoms with E-state index >= 15 is 0 Å². The number of hydrogen-bond donors (Lipinski definition) is 0. The van der Waals surface area contributed by atoms with E-state index in [4.69, 9.17) is 0 Å². The molecule has 0 aliphatic rings. The van der Waals surface area contributed by atoms with Crippen LogP contribution in [0.3, 0.4) is 0 Å². The zero-order valence-electron chi connectivity index (χ0n) is 9.88. The van der Waals surface area contributed by atoms with Crippen molar-refractivity contribution in [2.45, 2.75) is 40.0 Å². The first-order valence-corrected chi connectivity index (χ1v) is 5.43. The van der Waals surface area contributed by atoms with E-state index in [9.17, 15) is 0 Å². The Labute approximate surface area is 88.7 Å². The summed E-state index contributed by atoms with van der Waals surface area (Å²) in [5.74, 6) is 0.620. The van der Waals surface area contributed by atoms with Gasteiger partial charge in [0.2, 0.25) is 0 Å². The Bertz CT molecular complexity index is 258. The topological polar surface area (TPSA) is 0 Å². The summed E-state index contributed by atoms with van der Waals surface area (Å²) in [5, 5.41) is 0. The smallest absolute Gasteiger partial charge is 0.0100 e. The summed E-state index contributed by atoms with van der Waals surface area (Å²) < 4.78 is 0. The van der Waals surface area contributed by atoms with Crippen molar-refractivity contribution in [1.29, 1.82) is 0 Å². The van der Waals surface area contributed by atoms with Crippen LogP contribution in [0, 0.1) is 0 Å². The summed E-state index contributed by atoms with van der Waals surface area (Å²) in [4.78, 5) is 0. The van der Waals surface area contributed by atoms with E-state index in [1.807, 2.05) is 19.9 Å². The van der Waals surface area contributed by atoms with Crippen molar-refractivity contribution >= 4 is 0 Å². The van der Waals surface area contributed by atoms with E-state index in [1.54, 1.807) is 0 Å². The predicted octanol–water partition coefficient (Wildman–Crippen LogP) is 4.56. The highest BCUT2D eigenvalue weighted by Crippen LogP contribution is 2.15. The van der Waals surface area contributed by atoms with Crippen molar-refractivity contribution in [3.05, 3.63) is 48.0 Å². The van der Waals surface area contributed by atoms with Gasteiger partial charge in [0.1, 0.15) is 0 Å². The predicted molar refractivity (Wildman–Crippen MR) is 65.8 cm³/mol. The van der Waals surface area contributed by atoms with Gasteiger partial charge >= 0.3 is 0 Å². The molecule has 1 rings (SSSR count). The summed E-state index contributed by atoms with van der Waals surface area (Å²) in [6.45, 7) is 12.2. The minimum absolute atomic E-state index is 0.620. The lowest BCUT2D eigenvalue weighted by molar-refractivity contribution is 0.864. The molecular weight excluding hydrogens is 168 g/mol. The maximum atomic E-state index is 3.73. The summed E-state index contributed by atoms with van der Waals surface area (Å²) in [6, 6.07) is 8.70. The molecule has 0 amide bonds. The Balaban J connectivity index is 0.000000791. The van der Waals surface area contributed by atoms with Crippen LogP contribution in [0.15, 0.2) is 36.9 Å². The molecule has 0 radical (unpaired) electrons. The Morgan fingerprint density at radius 3 is 2.43 bits per heavy atom. The van der Waals surface area contributed by atoms with E-state index in [0.717, 1.165) is 6.42 Å². The van der Waals surface area contributed by atoms with Crippen LogP contribution in [-0.2, 0) is 6.42 Å². The summed E-state index contributed by atoms with van der Waals surface area (Å²) in [7, 11) is 0. The molecule has 0 aliphatic carbocycles. The molecular formula is C14H22. The first kappa shape index (κ1) is 13.0. The maximum Gasteiger partial charge on any atom is -0.0100 e. The van der Waals surface area contributed by atoms with Crippen LogP contribution in [0.1, 0.15) is 44.7 Å². The maximum absolute atomic E-state index is 3.73. The van der Waals surface area contributed by atoms with Gasteiger partial charge < -0.3 is 0 Å². The minimum atomic E-state index is 0.620. The monoisotopic (exact) mass is 190 g/mol. The second-order valence-electron chi connectivity index (χ2n) is 3.39. The molecule has 0 fully saturated rings. The summed E-state index contributed by atoms with van der Waals surface area (Å²) in [5.41, 5.74) is 2.77. The van der Waals surface area contributed by atoms with Crippen LogP contribution in [0.25, 0.3) is 0 Å². The third-order valence-corrected chi connectivity index (χ3v) is 2.00. The van der Waals surface area contributed by atoms with Crippen molar-refractivity contribution in [1.82, 2.24) is 0 Å². The van der Waals surface area contributed by atoms with Crippen molar-refractivity contribution in [2.24, 2.45) is 0 Å². The molecule has 0 heterocycles.